The summed E-state index contributed by atoms with van der Waals surface area (Å²) in [5.74, 6) is 0.938. The molecule has 1 amide bonds. The van der Waals surface area contributed by atoms with E-state index in [4.69, 9.17) is 14.2 Å². The fourth-order valence-corrected chi connectivity index (χ4v) is 4.84. The van der Waals surface area contributed by atoms with E-state index in [1.165, 1.54) is 0 Å². The van der Waals surface area contributed by atoms with E-state index >= 15 is 0 Å². The van der Waals surface area contributed by atoms with Crippen LogP contribution in [0.25, 0.3) is 0 Å². The van der Waals surface area contributed by atoms with E-state index in [0.29, 0.717) is 45.8 Å². The van der Waals surface area contributed by atoms with E-state index in [1.54, 1.807) is 72.8 Å². The third kappa shape index (κ3) is 8.06. The third-order valence-electron chi connectivity index (χ3n) is 7.26. The molecule has 0 unspecified atom stereocenters. The van der Waals surface area contributed by atoms with Crippen molar-refractivity contribution in [2.45, 2.75) is 12.8 Å². The number of hydrogen-bond acceptors (Lipinski definition) is 9. The van der Waals surface area contributed by atoms with Crippen molar-refractivity contribution in [3.63, 3.8) is 0 Å². The largest absolute Gasteiger partial charge is 0.456 e. The molecule has 5 aromatic carbocycles. The number of benzene rings is 5. The van der Waals surface area contributed by atoms with Crippen molar-refractivity contribution in [2.75, 3.05) is 34.9 Å². The average Bonchev–Trinajstić information content (AvgIpc) is 3.08. The molecule has 0 saturated heterocycles. The molecule has 0 saturated carbocycles. The highest BCUT2D eigenvalue weighted by molar-refractivity contribution is 6.08. The number of fused-ring (bicyclic) bond motifs is 2. The van der Waals surface area contributed by atoms with Gasteiger partial charge in [-0.3, -0.25) is 14.4 Å². The Balaban J connectivity index is 1.32. The summed E-state index contributed by atoms with van der Waals surface area (Å²) in [5.41, 5.74) is 3.83. The minimum Gasteiger partial charge on any atom is -0.456 e. The van der Waals surface area contributed by atoms with Crippen LogP contribution in [0.4, 0.5) is 28.4 Å². The van der Waals surface area contributed by atoms with E-state index < -0.39 is 11.9 Å². The number of carbonyl (C=O) groups excluding carboxylic acids is 3. The summed E-state index contributed by atoms with van der Waals surface area (Å²) in [5, 5.41) is 12.4. The molecule has 0 fully saturated rings. The minimum atomic E-state index is -0.493. The molecule has 0 aliphatic carbocycles. The lowest BCUT2D eigenvalue weighted by molar-refractivity contribution is -0.136. The number of amides is 1. The van der Waals surface area contributed by atoms with Gasteiger partial charge in [-0.25, -0.2) is 0 Å². The van der Waals surface area contributed by atoms with Gasteiger partial charge in [-0.1, -0.05) is 12.1 Å². The summed E-state index contributed by atoms with van der Waals surface area (Å²) in [6.07, 6.45) is 0.00467. The number of rotatable bonds is 3. The quantitative estimate of drug-likeness (QED) is 0.116. The number of ether oxygens (including phenoxy) is 3. The lowest BCUT2D eigenvalue weighted by atomic mass is 10.1. The number of anilines is 5. The number of nitrogens with one attached hydrogen (secondary N) is 4. The van der Waals surface area contributed by atoms with E-state index in [2.05, 4.69) is 21.3 Å². The van der Waals surface area contributed by atoms with Gasteiger partial charge in [0, 0.05) is 48.0 Å². The number of Topliss-reactive ketones (excluding diaryl/α,β-unsaturated/α-hetero) is 1. The van der Waals surface area contributed by atoms with Crippen molar-refractivity contribution in [3.05, 3.63) is 121 Å². The van der Waals surface area contributed by atoms with Gasteiger partial charge in [0.2, 0.25) is 0 Å². The van der Waals surface area contributed by atoms with E-state index in [0.717, 1.165) is 11.4 Å². The molecule has 8 rings (SSSR count). The van der Waals surface area contributed by atoms with Crippen molar-refractivity contribution >= 4 is 46.1 Å². The SMILES string of the molecule is CNc1ccc(Oc2cccc3c2C(=O)Nc2ccc(cc2)Nc2cccc(c2)OC(=O)CCC(=O)CNc2ccc(cc2)O3)cc1. The average molecular weight is 629 g/mol. The van der Waals surface area contributed by atoms with Gasteiger partial charge in [0.1, 0.15) is 34.3 Å². The summed E-state index contributed by atoms with van der Waals surface area (Å²) in [4.78, 5) is 38.8. The Morgan fingerprint density at radius 2 is 1.36 bits per heavy atom. The van der Waals surface area contributed by atoms with Crippen LogP contribution in [0.3, 0.4) is 0 Å². The van der Waals surface area contributed by atoms with Gasteiger partial charge in [0.25, 0.3) is 5.91 Å². The molecule has 4 N–H and O–H groups in total. The Labute approximate surface area is 271 Å². The fourth-order valence-electron chi connectivity index (χ4n) is 4.84. The van der Waals surface area contributed by atoms with Crippen molar-refractivity contribution in [3.8, 4) is 28.7 Å². The first kappa shape index (κ1) is 30.7. The van der Waals surface area contributed by atoms with E-state index in [9.17, 15) is 14.4 Å². The van der Waals surface area contributed by atoms with E-state index in [1.807, 2.05) is 49.5 Å². The second-order valence-electron chi connectivity index (χ2n) is 10.7. The molecule has 0 atom stereocenters. The predicted molar refractivity (Wildman–Crippen MR) is 182 cm³/mol. The molecule has 6 bridgehead atoms. The van der Waals surface area contributed by atoms with Gasteiger partial charge >= 0.3 is 5.97 Å². The summed E-state index contributed by atoms with van der Waals surface area (Å²) in [6, 6.07) is 33.7. The molecule has 236 valence electrons. The third-order valence-corrected chi connectivity index (χ3v) is 7.26. The number of hydrogen-bond donors (Lipinski definition) is 4. The highest BCUT2D eigenvalue weighted by Gasteiger charge is 2.21. The standard InChI is InChI=1S/C37H32N4O6/c1-38-24-12-17-30(18-13-24)45-33-6-3-7-34-36(33)37(44)41-27-10-8-26(9-11-27)40-28-4-2-5-32(22-28)47-35(43)21-16-29(42)23-39-25-14-19-31(46-34)20-15-25/h2-15,17-20,22,38-40H,16,21,23H2,1H3,(H,41,44). The lowest BCUT2D eigenvalue weighted by Crippen LogP contribution is -2.17. The van der Waals surface area contributed by atoms with Crippen molar-refractivity contribution < 1.29 is 28.6 Å². The first-order valence-corrected chi connectivity index (χ1v) is 15.0. The summed E-state index contributed by atoms with van der Waals surface area (Å²) in [7, 11) is 1.83. The smallest absolute Gasteiger partial charge is 0.311 e. The first-order valence-electron chi connectivity index (χ1n) is 15.0. The van der Waals surface area contributed by atoms with Crippen LogP contribution < -0.4 is 35.5 Å². The molecule has 10 nitrogen and oxygen atoms in total. The van der Waals surface area contributed by atoms with Crippen molar-refractivity contribution in [2.24, 2.45) is 0 Å². The maximum Gasteiger partial charge on any atom is 0.311 e. The molecule has 0 aromatic heterocycles. The van der Waals surface area contributed by atoms with Crippen LogP contribution in [0.5, 0.6) is 28.7 Å². The Bertz CT molecular complexity index is 1890. The number of ketones is 1. The zero-order valence-corrected chi connectivity index (χ0v) is 25.5. The molecule has 0 spiro atoms. The highest BCUT2D eigenvalue weighted by Crippen LogP contribution is 2.36. The van der Waals surface area contributed by atoms with Crippen LogP contribution in [-0.4, -0.2) is 31.3 Å². The highest BCUT2D eigenvalue weighted by atomic mass is 16.5. The Morgan fingerprint density at radius 1 is 0.660 bits per heavy atom. The van der Waals surface area contributed by atoms with Gasteiger partial charge < -0.3 is 35.5 Å². The maximum atomic E-state index is 13.9. The van der Waals surface area contributed by atoms with Gasteiger partial charge in [-0.2, -0.15) is 0 Å². The van der Waals surface area contributed by atoms with Crippen LogP contribution in [0, 0.1) is 0 Å². The molecular formula is C37H32N4O6. The zero-order valence-electron chi connectivity index (χ0n) is 25.5. The second-order valence-corrected chi connectivity index (χ2v) is 10.7. The van der Waals surface area contributed by atoms with Crippen LogP contribution >= 0.6 is 0 Å². The Morgan fingerprint density at radius 3 is 2.11 bits per heavy atom. The molecule has 0 radical (unpaired) electrons. The lowest BCUT2D eigenvalue weighted by Gasteiger charge is -2.17. The molecule has 5 aromatic rings. The van der Waals surface area contributed by atoms with Crippen molar-refractivity contribution in [1.82, 2.24) is 0 Å². The number of esters is 1. The van der Waals surface area contributed by atoms with Gasteiger partial charge in [0.05, 0.1) is 13.0 Å². The molecule has 47 heavy (non-hydrogen) atoms. The zero-order chi connectivity index (χ0) is 32.6. The Hall–Kier alpha value is -6.29. The molecule has 3 heterocycles. The van der Waals surface area contributed by atoms with Crippen LogP contribution in [0.2, 0.25) is 0 Å². The van der Waals surface area contributed by atoms with Crippen molar-refractivity contribution in [1.29, 1.82) is 0 Å². The van der Waals surface area contributed by atoms with Gasteiger partial charge in [-0.05, 0) is 97.1 Å². The minimum absolute atomic E-state index is 0.0372. The van der Waals surface area contributed by atoms with E-state index in [-0.39, 0.29) is 30.7 Å². The fraction of sp³-hybridized carbons (Fsp3) is 0.108. The summed E-state index contributed by atoms with van der Waals surface area (Å²) < 4.78 is 17.9. The Kier molecular flexibility index (Phi) is 9.29. The molecular weight excluding hydrogens is 596 g/mol. The van der Waals surface area contributed by atoms with Gasteiger partial charge in [0.15, 0.2) is 5.78 Å². The maximum absolute atomic E-state index is 13.9. The monoisotopic (exact) mass is 628 g/mol. The predicted octanol–water partition coefficient (Wildman–Crippen LogP) is 7.99. The summed E-state index contributed by atoms with van der Waals surface area (Å²) in [6.45, 7) is 0.0460. The van der Waals surface area contributed by atoms with Crippen LogP contribution in [0.15, 0.2) is 115 Å². The normalized spacial score (nSPS) is 13.5. The summed E-state index contributed by atoms with van der Waals surface area (Å²) >= 11 is 0. The topological polar surface area (TPSA) is 127 Å². The van der Waals surface area contributed by atoms with Crippen LogP contribution in [0.1, 0.15) is 23.2 Å². The first-order chi connectivity index (χ1) is 22.9. The number of carbonyl (C=O) groups is 3. The van der Waals surface area contributed by atoms with Gasteiger partial charge in [-0.15, -0.1) is 0 Å². The second kappa shape index (κ2) is 14.2. The molecule has 10 heteroatoms. The molecule has 3 aliphatic heterocycles. The molecule has 3 aliphatic rings. The van der Waals surface area contributed by atoms with Crippen LogP contribution in [-0.2, 0) is 9.59 Å².